The molecule has 0 saturated heterocycles. The first kappa shape index (κ1) is 20.9. The van der Waals surface area contributed by atoms with Crippen molar-refractivity contribution in [1.82, 2.24) is 10.6 Å². The first-order valence-electron chi connectivity index (χ1n) is 9.15. The van der Waals surface area contributed by atoms with Gasteiger partial charge in [-0.25, -0.2) is 8.42 Å². The summed E-state index contributed by atoms with van der Waals surface area (Å²) in [5.41, 5.74) is 1.49. The monoisotopic (exact) mass is 399 g/mol. The minimum absolute atomic E-state index is 0.0443. The van der Waals surface area contributed by atoms with Gasteiger partial charge in [0, 0.05) is 13.1 Å². The lowest BCUT2D eigenvalue weighted by Crippen LogP contribution is -2.39. The van der Waals surface area contributed by atoms with Crippen molar-refractivity contribution in [1.29, 1.82) is 0 Å². The number of nitrogens with one attached hydrogen (secondary N) is 2. The number of aliphatic hydroxyl groups excluding tert-OH is 1. The van der Waals surface area contributed by atoms with Crippen LogP contribution in [0.4, 0.5) is 0 Å². The maximum Gasteiger partial charge on any atom is 0.191 e. The van der Waals surface area contributed by atoms with E-state index in [1.54, 1.807) is 17.5 Å². The van der Waals surface area contributed by atoms with E-state index in [1.807, 2.05) is 6.92 Å². The van der Waals surface area contributed by atoms with E-state index in [1.165, 1.54) is 31.3 Å². The van der Waals surface area contributed by atoms with Gasteiger partial charge in [-0.1, -0.05) is 17.7 Å². The molecule has 1 unspecified atom stereocenters. The van der Waals surface area contributed by atoms with Crippen LogP contribution in [0.3, 0.4) is 0 Å². The Morgan fingerprint density at radius 2 is 2.23 bits per heavy atom. The predicted octanol–water partition coefficient (Wildman–Crippen LogP) is 2.33. The maximum atomic E-state index is 12.2. The van der Waals surface area contributed by atoms with Crippen molar-refractivity contribution >= 4 is 27.1 Å². The summed E-state index contributed by atoms with van der Waals surface area (Å²) in [7, 11) is -3.46. The van der Waals surface area contributed by atoms with Crippen LogP contribution in [-0.4, -0.2) is 51.0 Å². The number of hydrogen-bond donors (Lipinski definition) is 3. The van der Waals surface area contributed by atoms with Crippen molar-refractivity contribution in [3.8, 4) is 0 Å². The second-order valence-electron chi connectivity index (χ2n) is 6.37. The third-order valence-electron chi connectivity index (χ3n) is 4.14. The third kappa shape index (κ3) is 7.09. The van der Waals surface area contributed by atoms with Crippen molar-refractivity contribution in [2.45, 2.75) is 49.3 Å². The Bertz CT molecular complexity index is 697. The van der Waals surface area contributed by atoms with E-state index in [9.17, 15) is 13.5 Å². The highest BCUT2D eigenvalue weighted by Crippen LogP contribution is 2.19. The van der Waals surface area contributed by atoms with Gasteiger partial charge in [0.2, 0.25) is 0 Å². The lowest BCUT2D eigenvalue weighted by atomic mass is 9.97. The number of thiophene rings is 1. The molecule has 0 radical (unpaired) electrons. The largest absolute Gasteiger partial charge is 0.390 e. The molecule has 26 heavy (non-hydrogen) atoms. The van der Waals surface area contributed by atoms with Gasteiger partial charge in [-0.2, -0.15) is 0 Å². The molecule has 0 aliphatic heterocycles. The molecule has 1 aromatic rings. The molecule has 8 heteroatoms. The average molecular weight is 400 g/mol. The Hall–Kier alpha value is -1.38. The van der Waals surface area contributed by atoms with Crippen LogP contribution >= 0.6 is 11.3 Å². The fourth-order valence-electron chi connectivity index (χ4n) is 2.84. The Morgan fingerprint density at radius 1 is 1.38 bits per heavy atom. The van der Waals surface area contributed by atoms with Gasteiger partial charge in [0.25, 0.3) is 0 Å². The molecule has 3 N–H and O–H groups in total. The Labute approximate surface area is 160 Å². The van der Waals surface area contributed by atoms with Gasteiger partial charge >= 0.3 is 0 Å². The number of sulfone groups is 1. The maximum absolute atomic E-state index is 12.2. The molecule has 1 aliphatic rings. The number of rotatable bonds is 9. The molecule has 0 aromatic carbocycles. The average Bonchev–Trinajstić information content (AvgIpc) is 3.16. The molecule has 0 fully saturated rings. The summed E-state index contributed by atoms with van der Waals surface area (Å²) in [5, 5.41) is 18.2. The molecule has 1 atom stereocenters. The molecule has 1 heterocycles. The molecule has 1 aliphatic carbocycles. The molecule has 0 spiro atoms. The highest BCUT2D eigenvalue weighted by Gasteiger charge is 2.20. The smallest absolute Gasteiger partial charge is 0.191 e. The number of hydrogen-bond acceptors (Lipinski definition) is 5. The molecule has 0 bridgehead atoms. The molecular weight excluding hydrogens is 370 g/mol. The van der Waals surface area contributed by atoms with Crippen LogP contribution in [0.5, 0.6) is 0 Å². The summed E-state index contributed by atoms with van der Waals surface area (Å²) in [6, 6.07) is 3.25. The van der Waals surface area contributed by atoms with Gasteiger partial charge in [0.05, 0.1) is 18.4 Å². The molecule has 2 rings (SSSR count). The quantitative estimate of drug-likeness (QED) is 0.337. The van der Waals surface area contributed by atoms with Crippen LogP contribution in [-0.2, 0) is 9.84 Å². The molecule has 6 nitrogen and oxygen atoms in total. The second-order valence-corrected chi connectivity index (χ2v) is 9.58. The van der Waals surface area contributed by atoms with E-state index in [2.05, 4.69) is 21.7 Å². The second kappa shape index (κ2) is 10.7. The summed E-state index contributed by atoms with van der Waals surface area (Å²) in [4.78, 5) is 4.33. The number of guanidine groups is 1. The van der Waals surface area contributed by atoms with Crippen LogP contribution in [0, 0.1) is 0 Å². The van der Waals surface area contributed by atoms with E-state index >= 15 is 0 Å². The van der Waals surface area contributed by atoms with Gasteiger partial charge in [0.15, 0.2) is 15.8 Å². The predicted molar refractivity (Wildman–Crippen MR) is 108 cm³/mol. The molecule has 1 aromatic heterocycles. The summed E-state index contributed by atoms with van der Waals surface area (Å²) in [6.45, 7) is 3.50. The van der Waals surface area contributed by atoms with Crippen molar-refractivity contribution in [2.75, 3.05) is 25.4 Å². The molecule has 146 valence electrons. The van der Waals surface area contributed by atoms with Gasteiger partial charge in [-0.15, -0.1) is 11.3 Å². The molecule has 0 amide bonds. The van der Waals surface area contributed by atoms with Crippen LogP contribution in [0.2, 0.25) is 0 Å². The Morgan fingerprint density at radius 3 is 2.88 bits per heavy atom. The third-order valence-corrected chi connectivity index (χ3v) is 7.43. The summed E-state index contributed by atoms with van der Waals surface area (Å²) < 4.78 is 24.7. The SMILES string of the molecule is CCNC(=NCC(O)CS(=O)(=O)c1cccs1)NCCC1=CCCCC1. The lowest BCUT2D eigenvalue weighted by Gasteiger charge is -2.15. The molecule has 0 saturated carbocycles. The summed E-state index contributed by atoms with van der Waals surface area (Å²) in [5.74, 6) is 0.292. The molecular formula is C18H29N3O3S2. The fraction of sp³-hybridized carbons (Fsp3) is 0.611. The summed E-state index contributed by atoms with van der Waals surface area (Å²) in [6.07, 6.45) is 7.19. The van der Waals surface area contributed by atoms with Crippen molar-refractivity contribution < 1.29 is 13.5 Å². The Balaban J connectivity index is 1.82. The van der Waals surface area contributed by atoms with Gasteiger partial charge in [-0.05, 0) is 50.5 Å². The lowest BCUT2D eigenvalue weighted by molar-refractivity contribution is 0.206. The zero-order valence-corrected chi connectivity index (χ0v) is 16.9. The minimum Gasteiger partial charge on any atom is -0.390 e. The van der Waals surface area contributed by atoms with E-state index in [4.69, 9.17) is 0 Å². The van der Waals surface area contributed by atoms with Gasteiger partial charge in [-0.3, -0.25) is 4.99 Å². The van der Waals surface area contributed by atoms with Gasteiger partial charge in [0.1, 0.15) is 4.21 Å². The first-order valence-corrected chi connectivity index (χ1v) is 11.7. The van der Waals surface area contributed by atoms with Crippen LogP contribution in [0.1, 0.15) is 39.0 Å². The highest BCUT2D eigenvalue weighted by atomic mass is 32.2. The summed E-state index contributed by atoms with van der Waals surface area (Å²) >= 11 is 1.16. The Kier molecular flexibility index (Phi) is 8.61. The number of nitrogens with zero attached hydrogens (tertiary/aromatic N) is 1. The van der Waals surface area contributed by atoms with Gasteiger partial charge < -0.3 is 15.7 Å². The topological polar surface area (TPSA) is 90.8 Å². The standard InChI is InChI=1S/C18H29N3O3S2/c1-2-19-18(20-11-10-15-7-4-3-5-8-15)21-13-16(22)14-26(23,24)17-9-6-12-25-17/h6-7,9,12,16,22H,2-5,8,10-11,13-14H2,1H3,(H2,19,20,21). The van der Waals surface area contributed by atoms with Crippen molar-refractivity contribution in [3.05, 3.63) is 29.2 Å². The normalized spacial score (nSPS) is 16.8. The van der Waals surface area contributed by atoms with E-state index in [0.717, 1.165) is 24.3 Å². The van der Waals surface area contributed by atoms with E-state index in [0.29, 0.717) is 12.5 Å². The highest BCUT2D eigenvalue weighted by molar-refractivity contribution is 7.93. The van der Waals surface area contributed by atoms with Crippen molar-refractivity contribution in [2.24, 2.45) is 4.99 Å². The van der Waals surface area contributed by atoms with Crippen LogP contribution in [0.15, 0.2) is 38.4 Å². The fourth-order valence-corrected chi connectivity index (χ4v) is 5.31. The zero-order valence-electron chi connectivity index (χ0n) is 15.3. The van der Waals surface area contributed by atoms with Crippen molar-refractivity contribution in [3.63, 3.8) is 0 Å². The van der Waals surface area contributed by atoms with E-state index in [-0.39, 0.29) is 16.5 Å². The van der Waals surface area contributed by atoms with Crippen LogP contribution < -0.4 is 10.6 Å². The van der Waals surface area contributed by atoms with Crippen LogP contribution in [0.25, 0.3) is 0 Å². The van der Waals surface area contributed by atoms with E-state index < -0.39 is 15.9 Å². The minimum atomic E-state index is -3.46. The number of aliphatic hydroxyl groups is 1. The zero-order chi connectivity index (χ0) is 18.8. The number of allylic oxidation sites excluding steroid dienone is 1. The number of aliphatic imine (C=N–C) groups is 1. The first-order chi connectivity index (χ1) is 12.5.